The summed E-state index contributed by atoms with van der Waals surface area (Å²) in [7, 11) is 0. The molecule has 0 aliphatic heterocycles. The fourth-order valence-corrected chi connectivity index (χ4v) is 0.868. The van der Waals surface area contributed by atoms with Gasteiger partial charge >= 0.3 is 0 Å². The third-order valence-electron chi connectivity index (χ3n) is 1.56. The minimum Gasteiger partial charge on any atom is -0.504 e. The Morgan fingerprint density at radius 3 is 2.23 bits per heavy atom. The van der Waals surface area contributed by atoms with Gasteiger partial charge in [-0.15, -0.1) is 0 Å². The lowest BCUT2D eigenvalue weighted by atomic mass is 10.1. The second-order valence-corrected chi connectivity index (χ2v) is 2.59. The minimum atomic E-state index is -0.685. The molecule has 0 aliphatic carbocycles. The highest BCUT2D eigenvalue weighted by Crippen LogP contribution is 2.24. The smallest absolute Gasteiger partial charge is 0.228 e. The molecule has 1 aromatic rings. The molecule has 0 aliphatic rings. The van der Waals surface area contributed by atoms with Crippen LogP contribution >= 0.6 is 0 Å². The Balaban J connectivity index is 3.11. The zero-order valence-electron chi connectivity index (χ0n) is 6.94. The quantitative estimate of drug-likeness (QED) is 0.402. The van der Waals surface area contributed by atoms with Crippen LogP contribution in [0.25, 0.3) is 0 Å². The van der Waals surface area contributed by atoms with Gasteiger partial charge in [0.2, 0.25) is 5.78 Å². The van der Waals surface area contributed by atoms with Gasteiger partial charge in [-0.2, -0.15) is 0 Å². The number of carbonyl (C=O) groups excluding carboxylic acids is 2. The second kappa shape index (κ2) is 3.26. The van der Waals surface area contributed by atoms with Crippen molar-refractivity contribution in [2.45, 2.75) is 6.92 Å². The van der Waals surface area contributed by atoms with E-state index in [0.29, 0.717) is 0 Å². The van der Waals surface area contributed by atoms with Gasteiger partial charge < -0.3 is 10.2 Å². The van der Waals surface area contributed by atoms with Crippen molar-refractivity contribution in [1.29, 1.82) is 0 Å². The summed E-state index contributed by atoms with van der Waals surface area (Å²) in [6, 6.07) is 3.49. The highest BCUT2D eigenvalue weighted by atomic mass is 16.3. The summed E-state index contributed by atoms with van der Waals surface area (Å²) in [5.74, 6) is -2.02. The third kappa shape index (κ3) is 1.84. The summed E-state index contributed by atoms with van der Waals surface area (Å²) < 4.78 is 0. The number of aromatic hydroxyl groups is 2. The van der Waals surface area contributed by atoms with Crippen molar-refractivity contribution in [2.75, 3.05) is 0 Å². The second-order valence-electron chi connectivity index (χ2n) is 2.59. The minimum absolute atomic E-state index is 0.0720. The molecule has 0 aromatic heterocycles. The number of benzene rings is 1. The van der Waals surface area contributed by atoms with E-state index < -0.39 is 17.3 Å². The van der Waals surface area contributed by atoms with Crippen molar-refractivity contribution < 1.29 is 19.8 Å². The van der Waals surface area contributed by atoms with Gasteiger partial charge in [-0.1, -0.05) is 0 Å². The van der Waals surface area contributed by atoms with Crippen LogP contribution in [0.1, 0.15) is 17.3 Å². The van der Waals surface area contributed by atoms with E-state index in [9.17, 15) is 9.59 Å². The molecule has 1 rings (SSSR count). The monoisotopic (exact) mass is 180 g/mol. The zero-order valence-corrected chi connectivity index (χ0v) is 6.94. The molecule has 0 bridgehead atoms. The molecule has 0 saturated carbocycles. The molecule has 0 fully saturated rings. The van der Waals surface area contributed by atoms with Crippen LogP contribution in [0, 0.1) is 0 Å². The molecule has 0 spiro atoms. The first-order valence-corrected chi connectivity index (χ1v) is 3.59. The van der Waals surface area contributed by atoms with Crippen molar-refractivity contribution >= 4 is 11.6 Å². The molecule has 4 heteroatoms. The summed E-state index contributed by atoms with van der Waals surface area (Å²) in [6.07, 6.45) is 0. The fraction of sp³-hybridized carbons (Fsp3) is 0.111. The van der Waals surface area contributed by atoms with Crippen LogP contribution in [-0.4, -0.2) is 21.8 Å². The fourth-order valence-electron chi connectivity index (χ4n) is 0.868. The average molecular weight is 180 g/mol. The number of carbonyl (C=O) groups is 2. The van der Waals surface area contributed by atoms with Crippen molar-refractivity contribution in [3.63, 3.8) is 0 Å². The maximum atomic E-state index is 11.1. The zero-order chi connectivity index (χ0) is 10.0. The van der Waals surface area contributed by atoms with Crippen LogP contribution in [0.3, 0.4) is 0 Å². The lowest BCUT2D eigenvalue weighted by Crippen LogP contribution is -2.09. The summed E-state index contributed by atoms with van der Waals surface area (Å²) in [5, 5.41) is 17.9. The van der Waals surface area contributed by atoms with Crippen molar-refractivity contribution in [1.82, 2.24) is 0 Å². The van der Waals surface area contributed by atoms with Gasteiger partial charge in [-0.05, 0) is 18.2 Å². The summed E-state index contributed by atoms with van der Waals surface area (Å²) in [5.41, 5.74) is 0.0720. The summed E-state index contributed by atoms with van der Waals surface area (Å²) >= 11 is 0. The van der Waals surface area contributed by atoms with Gasteiger partial charge in [-0.25, -0.2) is 0 Å². The first-order valence-electron chi connectivity index (χ1n) is 3.59. The van der Waals surface area contributed by atoms with E-state index in [4.69, 9.17) is 10.2 Å². The molecular formula is C9H8O4. The maximum absolute atomic E-state index is 11.1. The van der Waals surface area contributed by atoms with Crippen LogP contribution in [0.5, 0.6) is 11.5 Å². The van der Waals surface area contributed by atoms with E-state index in [-0.39, 0.29) is 11.3 Å². The number of rotatable bonds is 2. The lowest BCUT2D eigenvalue weighted by Gasteiger charge is -1.99. The molecule has 4 nitrogen and oxygen atoms in total. The van der Waals surface area contributed by atoms with E-state index >= 15 is 0 Å². The number of hydrogen-bond donors (Lipinski definition) is 2. The molecule has 13 heavy (non-hydrogen) atoms. The molecule has 0 amide bonds. The van der Waals surface area contributed by atoms with Crippen LogP contribution in [0.15, 0.2) is 18.2 Å². The molecule has 0 heterocycles. The Morgan fingerprint density at radius 1 is 1.15 bits per heavy atom. The lowest BCUT2D eigenvalue weighted by molar-refractivity contribution is -0.113. The van der Waals surface area contributed by atoms with E-state index in [1.807, 2.05) is 0 Å². The van der Waals surface area contributed by atoms with Gasteiger partial charge in [0.15, 0.2) is 17.3 Å². The predicted octanol–water partition coefficient (Wildman–Crippen LogP) is 0.869. The van der Waals surface area contributed by atoms with E-state index in [2.05, 4.69) is 0 Å². The Labute approximate surface area is 74.4 Å². The molecule has 68 valence electrons. The van der Waals surface area contributed by atoms with Crippen LogP contribution in [0.4, 0.5) is 0 Å². The standard InChI is InChI=1S/C9H8O4/c1-5(10)9(13)6-2-3-7(11)8(12)4-6/h2-4,11-12H,1H3. The Bertz CT molecular complexity index is 368. The SMILES string of the molecule is CC(=O)C(=O)c1ccc(O)c(O)c1. The Kier molecular flexibility index (Phi) is 2.32. The molecule has 0 saturated heterocycles. The number of phenols is 2. The van der Waals surface area contributed by atoms with Crippen molar-refractivity contribution in [3.8, 4) is 11.5 Å². The van der Waals surface area contributed by atoms with Gasteiger partial charge in [0.05, 0.1) is 0 Å². The van der Waals surface area contributed by atoms with E-state index in [1.54, 1.807) is 0 Å². The van der Waals surface area contributed by atoms with Crippen LogP contribution in [0.2, 0.25) is 0 Å². The normalized spacial score (nSPS) is 9.62. The van der Waals surface area contributed by atoms with Gasteiger partial charge in [0.1, 0.15) is 0 Å². The first-order chi connectivity index (χ1) is 6.02. The molecule has 0 radical (unpaired) electrons. The van der Waals surface area contributed by atoms with Gasteiger partial charge in [-0.3, -0.25) is 9.59 Å². The number of phenolic OH excluding ortho intramolecular Hbond substituents is 2. The van der Waals surface area contributed by atoms with Gasteiger partial charge in [0.25, 0.3) is 0 Å². The maximum Gasteiger partial charge on any atom is 0.228 e. The van der Waals surface area contributed by atoms with Gasteiger partial charge in [0, 0.05) is 12.5 Å². The molecule has 2 N–H and O–H groups in total. The van der Waals surface area contributed by atoms with E-state index in [0.717, 1.165) is 19.1 Å². The Hall–Kier alpha value is -1.84. The highest BCUT2D eigenvalue weighted by Gasteiger charge is 2.12. The van der Waals surface area contributed by atoms with Crippen LogP contribution in [-0.2, 0) is 4.79 Å². The molecule has 0 atom stereocenters. The molecule has 0 unspecified atom stereocenters. The summed E-state index contributed by atoms with van der Waals surface area (Å²) in [6.45, 7) is 1.15. The third-order valence-corrected chi connectivity index (χ3v) is 1.56. The largest absolute Gasteiger partial charge is 0.504 e. The first kappa shape index (κ1) is 9.25. The number of hydrogen-bond acceptors (Lipinski definition) is 4. The average Bonchev–Trinajstić information content (AvgIpc) is 2.08. The highest BCUT2D eigenvalue weighted by molar-refractivity contribution is 6.42. The predicted molar refractivity (Wildman–Crippen MR) is 44.8 cm³/mol. The summed E-state index contributed by atoms with van der Waals surface area (Å²) in [4.78, 5) is 21.7. The number of Topliss-reactive ketones (excluding diaryl/α,β-unsaturated/α-hetero) is 2. The topological polar surface area (TPSA) is 74.6 Å². The van der Waals surface area contributed by atoms with E-state index in [1.165, 1.54) is 6.07 Å². The van der Waals surface area contributed by atoms with Crippen LogP contribution < -0.4 is 0 Å². The Morgan fingerprint density at radius 2 is 1.77 bits per heavy atom. The number of ketones is 2. The molecule has 1 aromatic carbocycles. The van der Waals surface area contributed by atoms with Crippen molar-refractivity contribution in [2.24, 2.45) is 0 Å². The molecular weight excluding hydrogens is 172 g/mol. The van der Waals surface area contributed by atoms with Crippen molar-refractivity contribution in [3.05, 3.63) is 23.8 Å².